The van der Waals surface area contributed by atoms with Gasteiger partial charge in [-0.25, -0.2) is 0 Å². The van der Waals surface area contributed by atoms with E-state index in [1.807, 2.05) is 45.0 Å². The highest BCUT2D eigenvalue weighted by molar-refractivity contribution is 5.88. The van der Waals surface area contributed by atoms with E-state index in [0.29, 0.717) is 5.75 Å². The van der Waals surface area contributed by atoms with Crippen LogP contribution in [0.15, 0.2) is 24.3 Å². The van der Waals surface area contributed by atoms with Crippen LogP contribution in [-0.4, -0.2) is 24.3 Å². The lowest BCUT2D eigenvalue weighted by atomic mass is 10.0. The molecule has 104 valence electrons. The summed E-state index contributed by atoms with van der Waals surface area (Å²) in [6.07, 6.45) is 0. The molecule has 1 unspecified atom stereocenters. The molecule has 0 spiro atoms. The number of benzene rings is 1. The van der Waals surface area contributed by atoms with Crippen molar-refractivity contribution in [2.24, 2.45) is 5.92 Å². The Morgan fingerprint density at radius 2 is 1.89 bits per heavy atom. The summed E-state index contributed by atoms with van der Waals surface area (Å²) in [6.45, 7) is 7.11. The summed E-state index contributed by atoms with van der Waals surface area (Å²) in [4.78, 5) is 23.2. The molecule has 0 bridgehead atoms. The molecule has 1 aromatic carbocycles. The van der Waals surface area contributed by atoms with Crippen LogP contribution in [0.25, 0.3) is 0 Å². The molecule has 1 atom stereocenters. The average molecular weight is 263 g/mol. The predicted molar refractivity (Wildman–Crippen MR) is 74.1 cm³/mol. The zero-order valence-corrected chi connectivity index (χ0v) is 11.9. The highest BCUT2D eigenvalue weighted by Crippen LogP contribution is 2.15. The Morgan fingerprint density at radius 1 is 1.26 bits per heavy atom. The summed E-state index contributed by atoms with van der Waals surface area (Å²) in [5.74, 6) is 0.429. The zero-order chi connectivity index (χ0) is 14.4. The van der Waals surface area contributed by atoms with Crippen LogP contribution in [0.5, 0.6) is 5.75 Å². The van der Waals surface area contributed by atoms with Gasteiger partial charge in [0.25, 0.3) is 5.91 Å². The fourth-order valence-corrected chi connectivity index (χ4v) is 1.81. The minimum absolute atomic E-state index is 0.0424. The van der Waals surface area contributed by atoms with Gasteiger partial charge in [-0.05, 0) is 31.4 Å². The van der Waals surface area contributed by atoms with Crippen LogP contribution in [0.2, 0.25) is 0 Å². The Balaban J connectivity index is 2.52. The van der Waals surface area contributed by atoms with E-state index in [4.69, 9.17) is 4.74 Å². The summed E-state index contributed by atoms with van der Waals surface area (Å²) in [5, 5.41) is 2.69. The second-order valence-corrected chi connectivity index (χ2v) is 4.95. The SMILES string of the molecule is CC(=O)C(NC(=O)COc1ccccc1C)C(C)C. The van der Waals surface area contributed by atoms with E-state index in [2.05, 4.69) is 5.32 Å². The third-order valence-corrected chi connectivity index (χ3v) is 2.87. The minimum atomic E-state index is -0.451. The Morgan fingerprint density at radius 3 is 2.42 bits per heavy atom. The van der Waals surface area contributed by atoms with Gasteiger partial charge < -0.3 is 10.1 Å². The number of hydrogen-bond donors (Lipinski definition) is 1. The monoisotopic (exact) mass is 263 g/mol. The smallest absolute Gasteiger partial charge is 0.258 e. The molecular formula is C15H21NO3. The highest BCUT2D eigenvalue weighted by Gasteiger charge is 2.20. The molecule has 0 saturated carbocycles. The van der Waals surface area contributed by atoms with Crippen molar-refractivity contribution < 1.29 is 14.3 Å². The lowest BCUT2D eigenvalue weighted by Crippen LogP contribution is -2.45. The van der Waals surface area contributed by atoms with E-state index in [1.165, 1.54) is 6.92 Å². The number of rotatable bonds is 6. The molecular weight excluding hydrogens is 242 g/mol. The van der Waals surface area contributed by atoms with Crippen molar-refractivity contribution >= 4 is 11.7 Å². The lowest BCUT2D eigenvalue weighted by molar-refractivity contribution is -0.129. The van der Waals surface area contributed by atoms with Gasteiger partial charge in [0.1, 0.15) is 5.75 Å². The largest absolute Gasteiger partial charge is 0.484 e. The molecule has 0 fully saturated rings. The van der Waals surface area contributed by atoms with Crippen LogP contribution in [0, 0.1) is 12.8 Å². The van der Waals surface area contributed by atoms with E-state index in [-0.39, 0.29) is 24.2 Å². The molecule has 1 N–H and O–H groups in total. The molecule has 19 heavy (non-hydrogen) atoms. The molecule has 4 heteroatoms. The number of amides is 1. The Kier molecular flexibility index (Phi) is 5.55. The summed E-state index contributed by atoms with van der Waals surface area (Å²) in [6, 6.07) is 7.04. The maximum atomic E-state index is 11.8. The van der Waals surface area contributed by atoms with Crippen molar-refractivity contribution in [1.29, 1.82) is 0 Å². The zero-order valence-electron chi connectivity index (χ0n) is 11.9. The quantitative estimate of drug-likeness (QED) is 0.855. The number of carbonyl (C=O) groups excluding carboxylic acids is 2. The number of ketones is 1. The normalized spacial score (nSPS) is 12.1. The van der Waals surface area contributed by atoms with Gasteiger partial charge in [0.15, 0.2) is 12.4 Å². The molecule has 0 radical (unpaired) electrons. The first-order valence-electron chi connectivity index (χ1n) is 6.40. The fourth-order valence-electron chi connectivity index (χ4n) is 1.81. The van der Waals surface area contributed by atoms with Crippen molar-refractivity contribution in [2.45, 2.75) is 33.7 Å². The van der Waals surface area contributed by atoms with E-state index < -0.39 is 6.04 Å². The third-order valence-electron chi connectivity index (χ3n) is 2.87. The molecule has 0 aliphatic heterocycles. The molecule has 0 aliphatic carbocycles. The van der Waals surface area contributed by atoms with Gasteiger partial charge in [0.05, 0.1) is 6.04 Å². The van der Waals surface area contributed by atoms with E-state index in [0.717, 1.165) is 5.56 Å². The van der Waals surface area contributed by atoms with Crippen molar-refractivity contribution in [3.8, 4) is 5.75 Å². The molecule has 0 aromatic heterocycles. The first-order chi connectivity index (χ1) is 8.91. The van der Waals surface area contributed by atoms with Crippen LogP contribution >= 0.6 is 0 Å². The fraction of sp³-hybridized carbons (Fsp3) is 0.467. The number of hydrogen-bond acceptors (Lipinski definition) is 3. The number of carbonyl (C=O) groups is 2. The van der Waals surface area contributed by atoms with Gasteiger partial charge in [-0.3, -0.25) is 9.59 Å². The van der Waals surface area contributed by atoms with Gasteiger partial charge in [-0.1, -0.05) is 32.0 Å². The second-order valence-electron chi connectivity index (χ2n) is 4.95. The summed E-state index contributed by atoms with van der Waals surface area (Å²) in [7, 11) is 0. The summed E-state index contributed by atoms with van der Waals surface area (Å²) >= 11 is 0. The van der Waals surface area contributed by atoms with Crippen molar-refractivity contribution in [3.05, 3.63) is 29.8 Å². The van der Waals surface area contributed by atoms with Gasteiger partial charge in [0.2, 0.25) is 0 Å². The third kappa shape index (κ3) is 4.73. The van der Waals surface area contributed by atoms with Gasteiger partial charge >= 0.3 is 0 Å². The number of para-hydroxylation sites is 1. The van der Waals surface area contributed by atoms with E-state index in [9.17, 15) is 9.59 Å². The molecule has 1 rings (SSSR count). The van der Waals surface area contributed by atoms with Crippen LogP contribution in [0.4, 0.5) is 0 Å². The van der Waals surface area contributed by atoms with Gasteiger partial charge in [0, 0.05) is 0 Å². The summed E-state index contributed by atoms with van der Waals surface area (Å²) in [5.41, 5.74) is 0.974. The topological polar surface area (TPSA) is 55.4 Å². The van der Waals surface area contributed by atoms with Crippen molar-refractivity contribution in [2.75, 3.05) is 6.61 Å². The van der Waals surface area contributed by atoms with Crippen LogP contribution < -0.4 is 10.1 Å². The summed E-state index contributed by atoms with van der Waals surface area (Å²) < 4.78 is 5.44. The van der Waals surface area contributed by atoms with Crippen LogP contribution in [0.3, 0.4) is 0 Å². The molecule has 1 amide bonds. The van der Waals surface area contributed by atoms with Crippen LogP contribution in [-0.2, 0) is 9.59 Å². The highest BCUT2D eigenvalue weighted by atomic mass is 16.5. The maximum absolute atomic E-state index is 11.8. The first-order valence-corrected chi connectivity index (χ1v) is 6.40. The van der Waals surface area contributed by atoms with Crippen molar-refractivity contribution in [1.82, 2.24) is 5.32 Å². The number of aryl methyl sites for hydroxylation is 1. The standard InChI is InChI=1S/C15H21NO3/c1-10(2)15(12(4)17)16-14(18)9-19-13-8-6-5-7-11(13)3/h5-8,10,15H,9H2,1-4H3,(H,16,18). The number of ether oxygens (including phenoxy) is 1. The molecule has 0 aliphatic rings. The first kappa shape index (κ1) is 15.2. The average Bonchev–Trinajstić information content (AvgIpc) is 2.34. The van der Waals surface area contributed by atoms with Crippen LogP contribution in [0.1, 0.15) is 26.3 Å². The Labute approximate surface area is 114 Å². The predicted octanol–water partition coefficient (Wildman–Crippen LogP) is 2.10. The minimum Gasteiger partial charge on any atom is -0.484 e. The molecule has 4 nitrogen and oxygen atoms in total. The Hall–Kier alpha value is -1.84. The Bertz CT molecular complexity index is 454. The van der Waals surface area contributed by atoms with E-state index >= 15 is 0 Å². The molecule has 0 saturated heterocycles. The molecule has 1 aromatic rings. The second kappa shape index (κ2) is 6.92. The number of nitrogens with one attached hydrogen (secondary N) is 1. The van der Waals surface area contributed by atoms with Gasteiger partial charge in [-0.15, -0.1) is 0 Å². The number of Topliss-reactive ketones (excluding diaryl/α,β-unsaturated/α-hetero) is 1. The van der Waals surface area contributed by atoms with Crippen molar-refractivity contribution in [3.63, 3.8) is 0 Å². The van der Waals surface area contributed by atoms with Gasteiger partial charge in [-0.2, -0.15) is 0 Å². The molecule has 0 heterocycles. The lowest BCUT2D eigenvalue weighted by Gasteiger charge is -2.19. The maximum Gasteiger partial charge on any atom is 0.258 e. The van der Waals surface area contributed by atoms with E-state index in [1.54, 1.807) is 0 Å².